The number of amides is 1. The summed E-state index contributed by atoms with van der Waals surface area (Å²) in [6.07, 6.45) is 1.44. The van der Waals surface area contributed by atoms with Gasteiger partial charge in [0.1, 0.15) is 0 Å². The van der Waals surface area contributed by atoms with Gasteiger partial charge in [-0.3, -0.25) is 19.8 Å². The van der Waals surface area contributed by atoms with Gasteiger partial charge in [-0.25, -0.2) is 0 Å². The van der Waals surface area contributed by atoms with Gasteiger partial charge in [-0.15, -0.1) is 5.10 Å². The lowest BCUT2D eigenvalue weighted by molar-refractivity contribution is -0.384. The first-order valence-electron chi connectivity index (χ1n) is 8.33. The third-order valence-corrected chi connectivity index (χ3v) is 5.22. The van der Waals surface area contributed by atoms with E-state index in [4.69, 9.17) is 0 Å². The molecule has 1 aliphatic rings. The van der Waals surface area contributed by atoms with Crippen LogP contribution in [-0.4, -0.2) is 32.4 Å². The highest BCUT2D eigenvalue weighted by molar-refractivity contribution is 8.15. The number of amidine groups is 1. The summed E-state index contributed by atoms with van der Waals surface area (Å²) in [5, 5.41) is 19.4. The molecule has 1 atom stereocenters. The average Bonchev–Trinajstić information content (AvgIpc) is 2.91. The van der Waals surface area contributed by atoms with Crippen molar-refractivity contribution in [1.29, 1.82) is 0 Å². The molecule has 1 unspecified atom stereocenters. The van der Waals surface area contributed by atoms with Gasteiger partial charge in [-0.1, -0.05) is 48.2 Å². The number of nitro groups is 1. The van der Waals surface area contributed by atoms with Crippen molar-refractivity contribution < 1.29 is 9.72 Å². The van der Waals surface area contributed by atoms with E-state index in [0.717, 1.165) is 11.1 Å². The summed E-state index contributed by atoms with van der Waals surface area (Å²) in [5.74, 6) is -0.00690. The molecule has 0 saturated carbocycles. The number of carbonyl (C=O) groups excluding carboxylic acids is 1. The fraction of sp³-hybridized carbons (Fsp3) is 0.211. The number of hydrogen-bond acceptors (Lipinski definition) is 6. The predicted octanol–water partition coefficient (Wildman–Crippen LogP) is 3.76. The SMILES string of the molecule is Cc1ccccc1CN1C(=O)C(C)S/C1=N\N=C\c1cccc([N+](=O)[O-])c1. The number of nitrogens with zero attached hydrogens (tertiary/aromatic N) is 4. The van der Waals surface area contributed by atoms with Crippen LogP contribution in [0, 0.1) is 17.0 Å². The Bertz CT molecular complexity index is 942. The molecule has 2 aromatic rings. The van der Waals surface area contributed by atoms with Crippen molar-refractivity contribution in [2.75, 3.05) is 0 Å². The van der Waals surface area contributed by atoms with Crippen LogP contribution in [0.25, 0.3) is 0 Å². The summed E-state index contributed by atoms with van der Waals surface area (Å²) in [7, 11) is 0. The second-order valence-corrected chi connectivity index (χ2v) is 7.40. The van der Waals surface area contributed by atoms with Crippen molar-refractivity contribution in [3.63, 3.8) is 0 Å². The topological polar surface area (TPSA) is 88.2 Å². The minimum atomic E-state index is -0.458. The third-order valence-electron chi connectivity index (χ3n) is 4.15. The normalized spacial score (nSPS) is 18.6. The van der Waals surface area contributed by atoms with E-state index in [0.29, 0.717) is 17.3 Å². The molecule has 1 heterocycles. The van der Waals surface area contributed by atoms with Crippen molar-refractivity contribution in [3.8, 4) is 0 Å². The first kappa shape index (κ1) is 18.8. The van der Waals surface area contributed by atoms with E-state index in [-0.39, 0.29) is 16.8 Å². The van der Waals surface area contributed by atoms with Gasteiger partial charge in [0.2, 0.25) is 5.91 Å². The molecule has 0 aliphatic carbocycles. The fourth-order valence-corrected chi connectivity index (χ4v) is 3.55. The second-order valence-electron chi connectivity index (χ2n) is 6.09. The van der Waals surface area contributed by atoms with Crippen molar-refractivity contribution in [2.45, 2.75) is 25.6 Å². The molecule has 2 aromatic carbocycles. The maximum atomic E-state index is 12.5. The highest BCUT2D eigenvalue weighted by atomic mass is 32.2. The zero-order valence-electron chi connectivity index (χ0n) is 14.9. The van der Waals surface area contributed by atoms with Crippen LogP contribution in [0.4, 0.5) is 5.69 Å². The van der Waals surface area contributed by atoms with Gasteiger partial charge in [-0.05, 0) is 25.0 Å². The smallest absolute Gasteiger partial charge is 0.270 e. The summed E-state index contributed by atoms with van der Waals surface area (Å²) in [6, 6.07) is 14.0. The van der Waals surface area contributed by atoms with Gasteiger partial charge >= 0.3 is 0 Å². The standard InChI is InChI=1S/C19H18N4O3S/c1-13-6-3-4-8-16(13)12-22-18(24)14(2)27-19(22)21-20-11-15-7-5-9-17(10-15)23(25)26/h3-11,14H,12H2,1-2H3/b20-11+,21-19-. The summed E-state index contributed by atoms with van der Waals surface area (Å²) in [5.41, 5.74) is 2.72. The molecule has 1 saturated heterocycles. The fourth-order valence-electron chi connectivity index (χ4n) is 2.63. The summed E-state index contributed by atoms with van der Waals surface area (Å²) in [6.45, 7) is 4.28. The van der Waals surface area contributed by atoms with E-state index >= 15 is 0 Å². The Labute approximate surface area is 160 Å². The third kappa shape index (κ3) is 4.40. The molecule has 1 fully saturated rings. The maximum absolute atomic E-state index is 12.5. The molecule has 0 spiro atoms. The van der Waals surface area contributed by atoms with Gasteiger partial charge < -0.3 is 0 Å². The quantitative estimate of drug-likeness (QED) is 0.447. The number of non-ortho nitro benzene ring substituents is 1. The van der Waals surface area contributed by atoms with Crippen molar-refractivity contribution in [2.24, 2.45) is 10.2 Å². The number of thioether (sulfide) groups is 1. The van der Waals surface area contributed by atoms with E-state index in [2.05, 4.69) is 10.2 Å². The zero-order chi connectivity index (χ0) is 19.4. The van der Waals surface area contributed by atoms with Gasteiger partial charge in [0.05, 0.1) is 22.9 Å². The minimum absolute atomic E-state index is 0.00690. The van der Waals surface area contributed by atoms with Crippen LogP contribution in [0.1, 0.15) is 23.6 Å². The number of rotatable bonds is 5. The molecule has 138 valence electrons. The highest BCUT2D eigenvalue weighted by Crippen LogP contribution is 2.29. The van der Waals surface area contributed by atoms with Crippen molar-refractivity contribution >= 4 is 34.7 Å². The van der Waals surface area contributed by atoms with Crippen LogP contribution in [0.2, 0.25) is 0 Å². The first-order chi connectivity index (χ1) is 13.0. The lowest BCUT2D eigenvalue weighted by Gasteiger charge is -2.16. The molecule has 7 nitrogen and oxygen atoms in total. The number of carbonyl (C=O) groups is 1. The van der Waals surface area contributed by atoms with Crippen LogP contribution in [0.3, 0.4) is 0 Å². The van der Waals surface area contributed by atoms with Gasteiger partial charge in [-0.2, -0.15) is 5.10 Å². The zero-order valence-corrected chi connectivity index (χ0v) is 15.7. The molecule has 1 amide bonds. The van der Waals surface area contributed by atoms with Crippen LogP contribution < -0.4 is 0 Å². The van der Waals surface area contributed by atoms with Gasteiger partial charge in [0.15, 0.2) is 5.17 Å². The molecule has 27 heavy (non-hydrogen) atoms. The van der Waals surface area contributed by atoms with E-state index in [1.54, 1.807) is 17.0 Å². The molecule has 0 radical (unpaired) electrons. The van der Waals surface area contributed by atoms with Crippen molar-refractivity contribution in [1.82, 2.24) is 4.90 Å². The average molecular weight is 382 g/mol. The molecular formula is C19H18N4O3S. The number of aryl methyl sites for hydroxylation is 1. The number of hydrogen-bond donors (Lipinski definition) is 0. The Kier molecular flexibility index (Phi) is 5.66. The van der Waals surface area contributed by atoms with E-state index < -0.39 is 4.92 Å². The lowest BCUT2D eigenvalue weighted by atomic mass is 10.1. The highest BCUT2D eigenvalue weighted by Gasteiger charge is 2.35. The summed E-state index contributed by atoms with van der Waals surface area (Å²) >= 11 is 1.35. The minimum Gasteiger partial charge on any atom is -0.284 e. The van der Waals surface area contributed by atoms with Crippen molar-refractivity contribution in [3.05, 3.63) is 75.3 Å². The molecule has 3 rings (SSSR count). The molecule has 0 N–H and O–H groups in total. The van der Waals surface area contributed by atoms with Crippen LogP contribution >= 0.6 is 11.8 Å². The second kappa shape index (κ2) is 8.13. The van der Waals surface area contributed by atoms with Gasteiger partial charge in [0, 0.05) is 17.7 Å². The Morgan fingerprint density at radius 2 is 2.04 bits per heavy atom. The Hall–Kier alpha value is -3.00. The number of nitro benzene ring substituents is 1. The van der Waals surface area contributed by atoms with Crippen LogP contribution in [0.15, 0.2) is 58.7 Å². The summed E-state index contributed by atoms with van der Waals surface area (Å²) < 4.78 is 0. The van der Waals surface area contributed by atoms with E-state index in [1.165, 1.54) is 30.1 Å². The molecule has 1 aliphatic heterocycles. The molecular weight excluding hydrogens is 364 g/mol. The van der Waals surface area contributed by atoms with Crippen LogP contribution in [-0.2, 0) is 11.3 Å². The van der Waals surface area contributed by atoms with Gasteiger partial charge in [0.25, 0.3) is 5.69 Å². The Morgan fingerprint density at radius 3 is 2.78 bits per heavy atom. The first-order valence-corrected chi connectivity index (χ1v) is 9.21. The Morgan fingerprint density at radius 1 is 1.26 bits per heavy atom. The molecule has 8 heteroatoms. The van der Waals surface area contributed by atoms with E-state index in [1.807, 2.05) is 38.1 Å². The predicted molar refractivity (Wildman–Crippen MR) is 107 cm³/mol. The summed E-state index contributed by atoms with van der Waals surface area (Å²) in [4.78, 5) is 24.5. The monoisotopic (exact) mass is 382 g/mol. The maximum Gasteiger partial charge on any atom is 0.270 e. The molecule has 0 bridgehead atoms. The number of benzene rings is 2. The lowest BCUT2D eigenvalue weighted by Crippen LogP contribution is -2.31. The Balaban J connectivity index is 1.81. The van der Waals surface area contributed by atoms with Crippen LogP contribution in [0.5, 0.6) is 0 Å². The largest absolute Gasteiger partial charge is 0.284 e. The van der Waals surface area contributed by atoms with E-state index in [9.17, 15) is 14.9 Å². The molecule has 0 aromatic heterocycles.